The van der Waals surface area contributed by atoms with E-state index < -0.39 is 23.6 Å². The monoisotopic (exact) mass is 510 g/mol. The average molecular weight is 511 g/mol. The molecule has 0 aliphatic carbocycles. The number of anilines is 3. The van der Waals surface area contributed by atoms with Crippen LogP contribution in [0.25, 0.3) is 0 Å². The number of aryl methyl sites for hydroxylation is 1. The Morgan fingerprint density at radius 3 is 2.80 bits per heavy atom. The fourth-order valence-corrected chi connectivity index (χ4v) is 4.34. The first-order valence-electron chi connectivity index (χ1n) is 10.8. The molecule has 186 valence electrons. The Morgan fingerprint density at radius 2 is 2.11 bits per heavy atom. The van der Waals surface area contributed by atoms with Gasteiger partial charge in [0.2, 0.25) is 0 Å². The van der Waals surface area contributed by atoms with Gasteiger partial charge in [-0.25, -0.2) is 14.4 Å². The summed E-state index contributed by atoms with van der Waals surface area (Å²) in [5, 5.41) is 9.02. The summed E-state index contributed by atoms with van der Waals surface area (Å²) < 4.78 is 62.2. The van der Waals surface area contributed by atoms with Crippen LogP contribution in [0.2, 0.25) is 0 Å². The number of hydrogen-bond donors (Lipinski definition) is 3. The molecule has 0 saturated carbocycles. The molecule has 0 radical (unpaired) electrons. The van der Waals surface area contributed by atoms with Crippen molar-refractivity contribution < 1.29 is 27.1 Å². The highest BCUT2D eigenvalue weighted by atomic mass is 32.1. The predicted molar refractivity (Wildman–Crippen MR) is 123 cm³/mol. The van der Waals surface area contributed by atoms with Gasteiger partial charge in [0.15, 0.2) is 17.3 Å². The summed E-state index contributed by atoms with van der Waals surface area (Å²) in [6, 6.07) is 4.03. The zero-order valence-electron chi connectivity index (χ0n) is 18.6. The standard InChI is InChI=1S/C22H22F4N6O2S/c1-12-19(21(35-32-12)31-18-10-28-17(9-29-18)22(24,25)26)20(33)30-14-4-5-15(23)16(7-14)34-11-13-3-2-6-27-8-13/h4-5,7,9-10,13,27H,2-3,6,8,11H2,1H3,(H,29,31)(H,30,33). The lowest BCUT2D eigenvalue weighted by atomic mass is 10.0. The van der Waals surface area contributed by atoms with Gasteiger partial charge in [-0.2, -0.15) is 17.5 Å². The Morgan fingerprint density at radius 1 is 1.29 bits per heavy atom. The molecule has 1 aliphatic rings. The lowest BCUT2D eigenvalue weighted by molar-refractivity contribution is -0.141. The summed E-state index contributed by atoms with van der Waals surface area (Å²) in [6.07, 6.45) is -1.06. The van der Waals surface area contributed by atoms with E-state index in [1.54, 1.807) is 6.92 Å². The van der Waals surface area contributed by atoms with Crippen molar-refractivity contribution in [3.63, 3.8) is 0 Å². The van der Waals surface area contributed by atoms with Crippen molar-refractivity contribution in [2.24, 2.45) is 5.92 Å². The van der Waals surface area contributed by atoms with Crippen LogP contribution in [0.1, 0.15) is 34.6 Å². The molecule has 0 bridgehead atoms. The summed E-state index contributed by atoms with van der Waals surface area (Å²) in [4.78, 5) is 20.0. The largest absolute Gasteiger partial charge is 0.490 e. The van der Waals surface area contributed by atoms with Gasteiger partial charge in [-0.1, -0.05) is 0 Å². The summed E-state index contributed by atoms with van der Waals surface area (Å²) in [5.74, 6) is -0.740. The van der Waals surface area contributed by atoms with Gasteiger partial charge >= 0.3 is 6.18 Å². The zero-order valence-corrected chi connectivity index (χ0v) is 19.4. The van der Waals surface area contributed by atoms with E-state index in [9.17, 15) is 22.4 Å². The maximum Gasteiger partial charge on any atom is 0.434 e. The number of aromatic nitrogens is 3. The first-order valence-corrected chi connectivity index (χ1v) is 11.5. The third-order valence-electron chi connectivity index (χ3n) is 5.34. The number of hydrogen-bond acceptors (Lipinski definition) is 8. The van der Waals surface area contributed by atoms with Gasteiger partial charge in [-0.05, 0) is 50.0 Å². The molecule has 4 rings (SSSR count). The van der Waals surface area contributed by atoms with Crippen molar-refractivity contribution in [1.29, 1.82) is 0 Å². The van der Waals surface area contributed by atoms with E-state index >= 15 is 0 Å². The molecule has 3 heterocycles. The average Bonchev–Trinajstić information content (AvgIpc) is 3.19. The van der Waals surface area contributed by atoms with Gasteiger partial charge in [0, 0.05) is 24.2 Å². The molecule has 1 aliphatic heterocycles. The zero-order chi connectivity index (χ0) is 25.0. The molecule has 2 aromatic heterocycles. The van der Waals surface area contributed by atoms with Gasteiger partial charge in [0.25, 0.3) is 5.91 Å². The van der Waals surface area contributed by atoms with Crippen LogP contribution in [-0.4, -0.2) is 39.9 Å². The Hall–Kier alpha value is -3.32. The van der Waals surface area contributed by atoms with E-state index in [1.165, 1.54) is 18.2 Å². The number of alkyl halides is 3. The molecule has 35 heavy (non-hydrogen) atoms. The Bertz CT molecular complexity index is 1180. The second kappa shape index (κ2) is 10.5. The number of amides is 1. The van der Waals surface area contributed by atoms with Crippen molar-refractivity contribution >= 4 is 33.9 Å². The fourth-order valence-electron chi connectivity index (χ4n) is 3.54. The Balaban J connectivity index is 1.45. The van der Waals surface area contributed by atoms with E-state index in [-0.39, 0.29) is 28.0 Å². The van der Waals surface area contributed by atoms with Crippen LogP contribution < -0.4 is 20.7 Å². The van der Waals surface area contributed by atoms with E-state index in [1.807, 2.05) is 0 Å². The molecule has 1 atom stereocenters. The van der Waals surface area contributed by atoms with Crippen LogP contribution in [0.15, 0.2) is 30.6 Å². The van der Waals surface area contributed by atoms with E-state index in [0.29, 0.717) is 24.2 Å². The summed E-state index contributed by atoms with van der Waals surface area (Å²) in [6.45, 7) is 3.75. The number of ether oxygens (including phenoxy) is 1. The van der Waals surface area contributed by atoms with E-state index in [4.69, 9.17) is 4.74 Å². The number of piperidine rings is 1. The lowest BCUT2D eigenvalue weighted by Crippen LogP contribution is -2.33. The maximum absolute atomic E-state index is 14.3. The summed E-state index contributed by atoms with van der Waals surface area (Å²) in [5.41, 5.74) is -0.232. The third kappa shape index (κ3) is 6.22. The maximum atomic E-state index is 14.3. The molecular formula is C22H22F4N6O2S. The third-order valence-corrected chi connectivity index (χ3v) is 6.19. The molecule has 13 heteroatoms. The number of rotatable bonds is 7. The van der Waals surface area contributed by atoms with Crippen LogP contribution in [0.4, 0.5) is 34.1 Å². The molecule has 8 nitrogen and oxygen atoms in total. The number of benzene rings is 1. The Labute approximate surface area is 202 Å². The number of nitrogens with zero attached hydrogens (tertiary/aromatic N) is 3. The van der Waals surface area contributed by atoms with Gasteiger partial charge in [0.05, 0.1) is 30.3 Å². The van der Waals surface area contributed by atoms with Crippen molar-refractivity contribution in [3.8, 4) is 5.75 Å². The van der Waals surface area contributed by atoms with Crippen molar-refractivity contribution in [1.82, 2.24) is 19.7 Å². The molecule has 3 aromatic rings. The van der Waals surface area contributed by atoms with Crippen molar-refractivity contribution in [2.45, 2.75) is 25.9 Å². The second-order valence-electron chi connectivity index (χ2n) is 8.00. The molecule has 1 saturated heterocycles. The summed E-state index contributed by atoms with van der Waals surface area (Å²) >= 11 is 0.947. The van der Waals surface area contributed by atoms with E-state index in [0.717, 1.165) is 43.7 Å². The van der Waals surface area contributed by atoms with Crippen LogP contribution in [0, 0.1) is 18.7 Å². The highest BCUT2D eigenvalue weighted by Gasteiger charge is 2.32. The van der Waals surface area contributed by atoms with Crippen LogP contribution in [-0.2, 0) is 6.18 Å². The molecule has 1 aromatic carbocycles. The second-order valence-corrected chi connectivity index (χ2v) is 8.78. The first-order chi connectivity index (χ1) is 16.7. The SMILES string of the molecule is Cc1nsc(Nc2cnc(C(F)(F)F)cn2)c1C(=O)Nc1ccc(F)c(OCC2CCCNC2)c1. The van der Waals surface area contributed by atoms with E-state index in [2.05, 4.69) is 30.3 Å². The number of carbonyl (C=O) groups is 1. The minimum atomic E-state index is -4.61. The van der Waals surface area contributed by atoms with Crippen LogP contribution >= 0.6 is 11.5 Å². The van der Waals surface area contributed by atoms with Gasteiger partial charge in [-0.3, -0.25) is 4.79 Å². The molecule has 3 N–H and O–H groups in total. The molecular weight excluding hydrogens is 488 g/mol. The Kier molecular flexibility index (Phi) is 7.45. The molecule has 1 unspecified atom stereocenters. The van der Waals surface area contributed by atoms with Gasteiger partial charge in [-0.15, -0.1) is 0 Å². The number of halogens is 4. The molecule has 0 spiro atoms. The smallest absolute Gasteiger partial charge is 0.434 e. The summed E-state index contributed by atoms with van der Waals surface area (Å²) in [7, 11) is 0. The van der Waals surface area contributed by atoms with Crippen molar-refractivity contribution in [2.75, 3.05) is 30.3 Å². The number of nitrogens with one attached hydrogen (secondary N) is 3. The lowest BCUT2D eigenvalue weighted by Gasteiger charge is -2.23. The van der Waals surface area contributed by atoms with Gasteiger partial charge < -0.3 is 20.7 Å². The topological polar surface area (TPSA) is 101 Å². The van der Waals surface area contributed by atoms with Crippen molar-refractivity contribution in [3.05, 3.63) is 53.4 Å². The molecule has 1 amide bonds. The highest BCUT2D eigenvalue weighted by Crippen LogP contribution is 2.31. The first kappa shape index (κ1) is 24.8. The normalized spacial score (nSPS) is 16.1. The number of carbonyl (C=O) groups excluding carboxylic acids is 1. The molecule has 1 fully saturated rings. The highest BCUT2D eigenvalue weighted by molar-refractivity contribution is 7.10. The van der Waals surface area contributed by atoms with Gasteiger partial charge in [0.1, 0.15) is 10.8 Å². The minimum absolute atomic E-state index is 0.0189. The quantitative estimate of drug-likeness (QED) is 0.394. The van der Waals surface area contributed by atoms with Crippen LogP contribution in [0.5, 0.6) is 5.75 Å². The minimum Gasteiger partial charge on any atom is -0.490 e. The van der Waals surface area contributed by atoms with Crippen LogP contribution in [0.3, 0.4) is 0 Å². The predicted octanol–water partition coefficient (Wildman–Crippen LogP) is 4.77. The fraction of sp³-hybridized carbons (Fsp3) is 0.364.